The Kier molecular flexibility index (Phi) is 5.21. The third-order valence-corrected chi connectivity index (χ3v) is 5.01. The minimum Gasteiger partial charge on any atom is -0.486 e. The lowest BCUT2D eigenvalue weighted by Gasteiger charge is -2.38. The van der Waals surface area contributed by atoms with Gasteiger partial charge in [-0.3, -0.25) is 4.79 Å². The standard InChI is InChI=1S/C19H28N2O2/c1-3-17-14-21(12-11-20-9-5-4-6-10-20)18-13-16(15(2)22)7-8-19(18)23-17/h7-8,13,17H,3-6,9-12,14H2,1-2H3. The van der Waals surface area contributed by atoms with Gasteiger partial charge in [0, 0.05) is 18.7 Å². The second kappa shape index (κ2) is 7.35. The zero-order chi connectivity index (χ0) is 16.2. The predicted octanol–water partition coefficient (Wildman–Crippen LogP) is 3.35. The number of fused-ring (bicyclic) bond motifs is 1. The maximum atomic E-state index is 11.7. The van der Waals surface area contributed by atoms with Crippen LogP contribution in [0.4, 0.5) is 5.69 Å². The first-order valence-corrected chi connectivity index (χ1v) is 8.96. The van der Waals surface area contributed by atoms with Gasteiger partial charge >= 0.3 is 0 Å². The van der Waals surface area contributed by atoms with E-state index in [1.165, 1.54) is 32.4 Å². The number of rotatable bonds is 5. The van der Waals surface area contributed by atoms with Crippen LogP contribution in [-0.4, -0.2) is 49.5 Å². The number of likely N-dealkylation sites (tertiary alicyclic amines) is 1. The summed E-state index contributed by atoms with van der Waals surface area (Å²) >= 11 is 0. The molecule has 1 atom stereocenters. The average molecular weight is 316 g/mol. The molecule has 2 heterocycles. The van der Waals surface area contributed by atoms with E-state index in [2.05, 4.69) is 16.7 Å². The van der Waals surface area contributed by atoms with Crippen molar-refractivity contribution in [3.8, 4) is 5.75 Å². The summed E-state index contributed by atoms with van der Waals surface area (Å²) in [6, 6.07) is 5.84. The van der Waals surface area contributed by atoms with E-state index in [0.29, 0.717) is 0 Å². The SMILES string of the molecule is CCC1CN(CCN2CCCCC2)c2cc(C(C)=O)ccc2O1. The van der Waals surface area contributed by atoms with Crippen LogP contribution >= 0.6 is 0 Å². The van der Waals surface area contributed by atoms with Gasteiger partial charge in [-0.25, -0.2) is 0 Å². The minimum absolute atomic E-state index is 0.112. The van der Waals surface area contributed by atoms with Crippen molar-refractivity contribution in [3.05, 3.63) is 23.8 Å². The lowest BCUT2D eigenvalue weighted by Crippen LogP contribution is -2.44. The summed E-state index contributed by atoms with van der Waals surface area (Å²) in [7, 11) is 0. The molecule has 1 saturated heterocycles. The second-order valence-electron chi connectivity index (χ2n) is 6.74. The van der Waals surface area contributed by atoms with Crippen LogP contribution in [0.5, 0.6) is 5.75 Å². The molecule has 4 nitrogen and oxygen atoms in total. The van der Waals surface area contributed by atoms with Crippen LogP contribution in [0.15, 0.2) is 18.2 Å². The number of carbonyl (C=O) groups is 1. The van der Waals surface area contributed by atoms with E-state index in [1.807, 2.05) is 18.2 Å². The van der Waals surface area contributed by atoms with E-state index in [9.17, 15) is 4.79 Å². The molecule has 0 bridgehead atoms. The first-order valence-electron chi connectivity index (χ1n) is 8.96. The zero-order valence-corrected chi connectivity index (χ0v) is 14.4. The lowest BCUT2D eigenvalue weighted by atomic mass is 10.1. The molecule has 0 spiro atoms. The van der Waals surface area contributed by atoms with E-state index in [4.69, 9.17) is 4.74 Å². The molecule has 1 aromatic rings. The van der Waals surface area contributed by atoms with Crippen LogP contribution in [-0.2, 0) is 0 Å². The topological polar surface area (TPSA) is 32.8 Å². The Morgan fingerprint density at radius 3 is 2.70 bits per heavy atom. The number of ether oxygens (including phenoxy) is 1. The fraction of sp³-hybridized carbons (Fsp3) is 0.632. The van der Waals surface area contributed by atoms with Crippen molar-refractivity contribution in [1.29, 1.82) is 0 Å². The summed E-state index contributed by atoms with van der Waals surface area (Å²) in [6.45, 7) is 9.26. The van der Waals surface area contributed by atoms with Gasteiger partial charge in [0.05, 0.1) is 12.2 Å². The minimum atomic E-state index is 0.112. The van der Waals surface area contributed by atoms with E-state index < -0.39 is 0 Å². The van der Waals surface area contributed by atoms with Gasteiger partial charge < -0.3 is 14.5 Å². The number of ketones is 1. The van der Waals surface area contributed by atoms with Crippen molar-refractivity contribution in [2.45, 2.75) is 45.6 Å². The van der Waals surface area contributed by atoms with Crippen LogP contribution in [0, 0.1) is 0 Å². The summed E-state index contributed by atoms with van der Waals surface area (Å²) in [5.41, 5.74) is 1.85. The van der Waals surface area contributed by atoms with Gasteiger partial charge in [-0.05, 0) is 57.5 Å². The highest BCUT2D eigenvalue weighted by atomic mass is 16.5. The van der Waals surface area contributed by atoms with Crippen LogP contribution in [0.25, 0.3) is 0 Å². The number of piperidine rings is 1. The van der Waals surface area contributed by atoms with Gasteiger partial charge in [-0.2, -0.15) is 0 Å². The summed E-state index contributed by atoms with van der Waals surface area (Å²) in [5.74, 6) is 1.04. The first kappa shape index (κ1) is 16.3. The maximum Gasteiger partial charge on any atom is 0.159 e. The maximum absolute atomic E-state index is 11.7. The molecular weight excluding hydrogens is 288 g/mol. The van der Waals surface area contributed by atoms with E-state index in [1.54, 1.807) is 6.92 Å². The molecule has 0 aliphatic carbocycles. The van der Waals surface area contributed by atoms with Gasteiger partial charge in [-0.1, -0.05) is 13.3 Å². The van der Waals surface area contributed by atoms with E-state index in [0.717, 1.165) is 43.1 Å². The van der Waals surface area contributed by atoms with Crippen LogP contribution in [0.1, 0.15) is 49.9 Å². The second-order valence-corrected chi connectivity index (χ2v) is 6.74. The van der Waals surface area contributed by atoms with Crippen LogP contribution in [0.3, 0.4) is 0 Å². The smallest absolute Gasteiger partial charge is 0.159 e. The highest BCUT2D eigenvalue weighted by Crippen LogP contribution is 2.35. The Bertz CT molecular complexity index is 552. The molecule has 0 aromatic heterocycles. The van der Waals surface area contributed by atoms with Gasteiger partial charge in [0.15, 0.2) is 5.78 Å². The fourth-order valence-corrected chi connectivity index (χ4v) is 3.51. The molecule has 0 saturated carbocycles. The highest BCUT2D eigenvalue weighted by molar-refractivity contribution is 5.95. The molecule has 2 aliphatic rings. The van der Waals surface area contributed by atoms with Gasteiger partial charge in [0.25, 0.3) is 0 Å². The summed E-state index contributed by atoms with van der Waals surface area (Å²) < 4.78 is 6.07. The lowest BCUT2D eigenvalue weighted by molar-refractivity contribution is 0.101. The molecule has 0 amide bonds. The van der Waals surface area contributed by atoms with Crippen molar-refractivity contribution in [1.82, 2.24) is 4.90 Å². The molecule has 1 aromatic carbocycles. The number of nitrogens with zero attached hydrogens (tertiary/aromatic N) is 2. The molecule has 0 radical (unpaired) electrons. The number of anilines is 1. The van der Waals surface area contributed by atoms with Crippen molar-refractivity contribution < 1.29 is 9.53 Å². The summed E-state index contributed by atoms with van der Waals surface area (Å²) in [5, 5.41) is 0. The average Bonchev–Trinajstić information content (AvgIpc) is 2.59. The molecule has 2 aliphatic heterocycles. The van der Waals surface area contributed by atoms with Crippen LogP contribution < -0.4 is 9.64 Å². The third kappa shape index (κ3) is 3.86. The Morgan fingerprint density at radius 2 is 2.00 bits per heavy atom. The number of benzene rings is 1. The van der Waals surface area contributed by atoms with Crippen LogP contribution in [0.2, 0.25) is 0 Å². The third-order valence-electron chi connectivity index (χ3n) is 5.01. The molecule has 4 heteroatoms. The number of hydrogen-bond acceptors (Lipinski definition) is 4. The number of carbonyl (C=O) groups excluding carboxylic acids is 1. The molecule has 0 N–H and O–H groups in total. The monoisotopic (exact) mass is 316 g/mol. The van der Waals surface area contributed by atoms with Crippen molar-refractivity contribution in [2.75, 3.05) is 37.6 Å². The Labute approximate surface area is 139 Å². The van der Waals surface area contributed by atoms with E-state index >= 15 is 0 Å². The van der Waals surface area contributed by atoms with Gasteiger partial charge in [0.1, 0.15) is 11.9 Å². The Balaban J connectivity index is 1.75. The largest absolute Gasteiger partial charge is 0.486 e. The molecule has 3 rings (SSSR count). The highest BCUT2D eigenvalue weighted by Gasteiger charge is 2.25. The van der Waals surface area contributed by atoms with E-state index in [-0.39, 0.29) is 11.9 Å². The normalized spacial score (nSPS) is 21.7. The Morgan fingerprint density at radius 1 is 1.22 bits per heavy atom. The first-order chi connectivity index (χ1) is 11.2. The summed E-state index contributed by atoms with van der Waals surface area (Å²) in [6.07, 6.45) is 5.27. The quantitative estimate of drug-likeness (QED) is 0.780. The van der Waals surface area contributed by atoms with Crippen molar-refractivity contribution >= 4 is 11.5 Å². The van der Waals surface area contributed by atoms with Crippen molar-refractivity contribution in [3.63, 3.8) is 0 Å². The number of hydrogen-bond donors (Lipinski definition) is 0. The summed E-state index contributed by atoms with van der Waals surface area (Å²) in [4.78, 5) is 16.7. The molecule has 23 heavy (non-hydrogen) atoms. The molecule has 1 fully saturated rings. The fourth-order valence-electron chi connectivity index (χ4n) is 3.51. The van der Waals surface area contributed by atoms with Gasteiger partial charge in [-0.15, -0.1) is 0 Å². The number of Topliss-reactive ketones (excluding diaryl/α,β-unsaturated/α-hetero) is 1. The predicted molar refractivity (Wildman–Crippen MR) is 93.7 cm³/mol. The van der Waals surface area contributed by atoms with Gasteiger partial charge in [0.2, 0.25) is 0 Å². The Hall–Kier alpha value is -1.55. The molecular formula is C19H28N2O2. The van der Waals surface area contributed by atoms with Crippen molar-refractivity contribution in [2.24, 2.45) is 0 Å². The zero-order valence-electron chi connectivity index (χ0n) is 14.4. The molecule has 1 unspecified atom stereocenters. The molecule has 126 valence electrons.